The first kappa shape index (κ1) is 20.4. The van der Waals surface area contributed by atoms with E-state index in [2.05, 4.69) is 29.7 Å². The number of rotatable bonds is 5. The van der Waals surface area contributed by atoms with Crippen LogP contribution in [-0.4, -0.2) is 46.3 Å². The predicted octanol–water partition coefficient (Wildman–Crippen LogP) is 3.96. The van der Waals surface area contributed by atoms with Crippen LogP contribution < -0.4 is 0 Å². The molecule has 0 unspecified atom stereocenters. The highest BCUT2D eigenvalue weighted by atomic mass is 16.5. The zero-order valence-corrected chi connectivity index (χ0v) is 17.7. The highest BCUT2D eigenvalue weighted by molar-refractivity contribution is 5.96. The van der Waals surface area contributed by atoms with Crippen molar-refractivity contribution in [1.82, 2.24) is 9.47 Å². The van der Waals surface area contributed by atoms with E-state index in [9.17, 15) is 9.90 Å². The lowest BCUT2D eigenvalue weighted by molar-refractivity contribution is -0.0196. The largest absolute Gasteiger partial charge is 0.467 e. The SMILES string of the molecule is Cc1cccc(-n2c(C)cc(C(=O)N3CCOC[C@H]3C[C@H](O)c3ccco3)c2C)c1. The van der Waals surface area contributed by atoms with Crippen molar-refractivity contribution in [3.8, 4) is 5.69 Å². The number of carbonyl (C=O) groups excluding carboxylic acids is 1. The van der Waals surface area contributed by atoms with Gasteiger partial charge in [0, 0.05) is 30.0 Å². The van der Waals surface area contributed by atoms with Gasteiger partial charge >= 0.3 is 0 Å². The van der Waals surface area contributed by atoms with Gasteiger partial charge in [-0.1, -0.05) is 12.1 Å². The van der Waals surface area contributed by atoms with Gasteiger partial charge in [-0.05, 0) is 56.7 Å². The molecule has 1 aliphatic rings. The number of aryl methyl sites for hydroxylation is 2. The Morgan fingerprint density at radius 2 is 2.03 bits per heavy atom. The lowest BCUT2D eigenvalue weighted by Gasteiger charge is -2.36. The molecule has 1 N–H and O–H groups in total. The summed E-state index contributed by atoms with van der Waals surface area (Å²) < 4.78 is 13.1. The molecule has 1 fully saturated rings. The summed E-state index contributed by atoms with van der Waals surface area (Å²) >= 11 is 0. The Kier molecular flexibility index (Phi) is 5.79. The monoisotopic (exact) mass is 408 g/mol. The van der Waals surface area contributed by atoms with E-state index in [1.807, 2.05) is 30.9 Å². The van der Waals surface area contributed by atoms with Gasteiger partial charge in [0.15, 0.2) is 0 Å². The van der Waals surface area contributed by atoms with Gasteiger partial charge in [-0.2, -0.15) is 0 Å². The van der Waals surface area contributed by atoms with Crippen LogP contribution in [0.4, 0.5) is 0 Å². The molecular weight excluding hydrogens is 380 g/mol. The average Bonchev–Trinajstić information content (AvgIpc) is 3.36. The molecule has 4 rings (SSSR count). The number of aliphatic hydroxyl groups is 1. The van der Waals surface area contributed by atoms with E-state index in [1.54, 1.807) is 18.4 Å². The van der Waals surface area contributed by atoms with Crippen LogP contribution in [0.2, 0.25) is 0 Å². The Hall–Kier alpha value is -2.83. The third-order valence-corrected chi connectivity index (χ3v) is 5.78. The second kappa shape index (κ2) is 8.50. The Balaban J connectivity index is 1.60. The topological polar surface area (TPSA) is 67.8 Å². The molecule has 1 aromatic carbocycles. The Morgan fingerprint density at radius 3 is 2.77 bits per heavy atom. The molecule has 2 atom stereocenters. The summed E-state index contributed by atoms with van der Waals surface area (Å²) in [6.45, 7) is 7.46. The van der Waals surface area contributed by atoms with Crippen LogP contribution in [0.1, 0.15) is 45.6 Å². The number of benzene rings is 1. The zero-order valence-electron chi connectivity index (χ0n) is 17.7. The minimum atomic E-state index is -0.776. The van der Waals surface area contributed by atoms with E-state index in [0.29, 0.717) is 37.5 Å². The van der Waals surface area contributed by atoms with Crippen LogP contribution in [-0.2, 0) is 4.74 Å². The molecule has 1 amide bonds. The Labute approximate surface area is 176 Å². The summed E-state index contributed by atoms with van der Waals surface area (Å²) in [7, 11) is 0. The number of carbonyl (C=O) groups is 1. The molecule has 1 aliphatic heterocycles. The maximum absolute atomic E-state index is 13.5. The Morgan fingerprint density at radius 1 is 1.20 bits per heavy atom. The van der Waals surface area contributed by atoms with E-state index in [-0.39, 0.29) is 11.9 Å². The number of morpholine rings is 1. The summed E-state index contributed by atoms with van der Waals surface area (Å²) in [6.07, 6.45) is 1.14. The normalized spacial score (nSPS) is 17.9. The molecule has 1 saturated heterocycles. The predicted molar refractivity (Wildman–Crippen MR) is 114 cm³/mol. The van der Waals surface area contributed by atoms with Crippen molar-refractivity contribution >= 4 is 5.91 Å². The Bertz CT molecular complexity index is 1020. The summed E-state index contributed by atoms with van der Waals surface area (Å²) in [6, 6.07) is 13.5. The molecule has 0 spiro atoms. The minimum Gasteiger partial charge on any atom is -0.467 e. The maximum Gasteiger partial charge on any atom is 0.256 e. The van der Waals surface area contributed by atoms with Crippen LogP contribution in [0.15, 0.2) is 53.1 Å². The first-order chi connectivity index (χ1) is 14.5. The molecule has 0 saturated carbocycles. The maximum atomic E-state index is 13.5. The van der Waals surface area contributed by atoms with Crippen molar-refractivity contribution in [1.29, 1.82) is 0 Å². The van der Waals surface area contributed by atoms with Gasteiger partial charge in [-0.15, -0.1) is 0 Å². The standard InChI is InChI=1S/C24H28N2O4/c1-16-6-4-7-19(12-16)26-17(2)13-21(18(26)3)24(28)25-9-11-29-15-20(25)14-22(27)23-8-5-10-30-23/h4-8,10,12-13,20,22,27H,9,11,14-15H2,1-3H3/t20-,22+/m1/s1. The zero-order chi connectivity index (χ0) is 21.3. The van der Waals surface area contributed by atoms with Crippen LogP contribution in [0.25, 0.3) is 5.69 Å². The van der Waals surface area contributed by atoms with Gasteiger partial charge in [-0.3, -0.25) is 4.79 Å². The molecule has 0 radical (unpaired) electrons. The van der Waals surface area contributed by atoms with Gasteiger partial charge in [-0.25, -0.2) is 0 Å². The van der Waals surface area contributed by atoms with E-state index < -0.39 is 6.10 Å². The van der Waals surface area contributed by atoms with Gasteiger partial charge in [0.25, 0.3) is 5.91 Å². The molecular formula is C24H28N2O4. The minimum absolute atomic E-state index is 0.0260. The smallest absolute Gasteiger partial charge is 0.256 e. The van der Waals surface area contributed by atoms with Crippen LogP contribution in [0, 0.1) is 20.8 Å². The fourth-order valence-corrected chi connectivity index (χ4v) is 4.27. The molecule has 2 aromatic heterocycles. The van der Waals surface area contributed by atoms with Crippen molar-refractivity contribution < 1.29 is 19.1 Å². The molecule has 3 heterocycles. The van der Waals surface area contributed by atoms with E-state index >= 15 is 0 Å². The number of amides is 1. The van der Waals surface area contributed by atoms with Crippen molar-refractivity contribution in [2.45, 2.75) is 39.3 Å². The number of hydrogen-bond acceptors (Lipinski definition) is 4. The highest BCUT2D eigenvalue weighted by Crippen LogP contribution is 2.27. The van der Waals surface area contributed by atoms with Gasteiger partial charge in [0.2, 0.25) is 0 Å². The van der Waals surface area contributed by atoms with Gasteiger partial charge in [0.05, 0.1) is 31.1 Å². The average molecular weight is 408 g/mol. The second-order valence-electron chi connectivity index (χ2n) is 7.95. The summed E-state index contributed by atoms with van der Waals surface area (Å²) in [5, 5.41) is 10.5. The highest BCUT2D eigenvalue weighted by Gasteiger charge is 2.32. The van der Waals surface area contributed by atoms with Crippen LogP contribution >= 0.6 is 0 Å². The second-order valence-corrected chi connectivity index (χ2v) is 7.95. The lowest BCUT2D eigenvalue weighted by atomic mass is 10.0. The molecule has 0 bridgehead atoms. The number of aromatic nitrogens is 1. The first-order valence-electron chi connectivity index (χ1n) is 10.3. The summed E-state index contributed by atoms with van der Waals surface area (Å²) in [4.78, 5) is 15.3. The molecule has 6 heteroatoms. The number of hydrogen-bond donors (Lipinski definition) is 1. The van der Waals surface area contributed by atoms with Gasteiger partial charge < -0.3 is 23.7 Å². The molecule has 158 valence electrons. The van der Waals surface area contributed by atoms with Crippen molar-refractivity contribution in [3.05, 3.63) is 77.0 Å². The fourth-order valence-electron chi connectivity index (χ4n) is 4.27. The van der Waals surface area contributed by atoms with E-state index in [0.717, 1.165) is 17.1 Å². The lowest BCUT2D eigenvalue weighted by Crippen LogP contribution is -2.49. The fraction of sp³-hybridized carbons (Fsp3) is 0.375. The van der Waals surface area contributed by atoms with Crippen molar-refractivity contribution in [2.24, 2.45) is 0 Å². The third kappa shape index (κ3) is 3.93. The molecule has 0 aliphatic carbocycles. The quantitative estimate of drug-likeness (QED) is 0.694. The number of furan rings is 1. The van der Waals surface area contributed by atoms with Crippen LogP contribution in [0.3, 0.4) is 0 Å². The molecule has 30 heavy (non-hydrogen) atoms. The van der Waals surface area contributed by atoms with Gasteiger partial charge in [0.1, 0.15) is 11.9 Å². The molecule has 6 nitrogen and oxygen atoms in total. The third-order valence-electron chi connectivity index (χ3n) is 5.78. The first-order valence-corrected chi connectivity index (χ1v) is 10.3. The van der Waals surface area contributed by atoms with E-state index in [4.69, 9.17) is 9.15 Å². The number of aliphatic hydroxyl groups excluding tert-OH is 1. The van der Waals surface area contributed by atoms with Crippen LogP contribution in [0.5, 0.6) is 0 Å². The molecule has 3 aromatic rings. The number of ether oxygens (including phenoxy) is 1. The van der Waals surface area contributed by atoms with E-state index in [1.165, 1.54) is 5.56 Å². The summed E-state index contributed by atoms with van der Waals surface area (Å²) in [5.41, 5.74) is 4.85. The summed E-state index contributed by atoms with van der Waals surface area (Å²) in [5.74, 6) is 0.479. The van der Waals surface area contributed by atoms with Crippen molar-refractivity contribution in [2.75, 3.05) is 19.8 Å². The number of nitrogens with zero attached hydrogens (tertiary/aromatic N) is 2. The van der Waals surface area contributed by atoms with Crippen molar-refractivity contribution in [3.63, 3.8) is 0 Å².